The second-order valence-electron chi connectivity index (χ2n) is 5.65. The van der Waals surface area contributed by atoms with Crippen molar-refractivity contribution < 1.29 is 31.1 Å². The van der Waals surface area contributed by atoms with Gasteiger partial charge in [0.15, 0.2) is 0 Å². The van der Waals surface area contributed by atoms with E-state index in [1.807, 2.05) is 0 Å². The van der Waals surface area contributed by atoms with Crippen LogP contribution in [0.2, 0.25) is 0 Å². The van der Waals surface area contributed by atoms with Crippen LogP contribution in [0.5, 0.6) is 5.75 Å². The van der Waals surface area contributed by atoms with Crippen LogP contribution in [0.4, 0.5) is 26.3 Å². The van der Waals surface area contributed by atoms with Gasteiger partial charge in [0.05, 0.1) is 18.2 Å². The summed E-state index contributed by atoms with van der Waals surface area (Å²) in [6.07, 6.45) is -9.63. The minimum Gasteiger partial charge on any atom is -0.497 e. The SMILES string of the molecule is COc1ccc(CC(=S)Cc2cc(C(F)(F)F)cc(C(F)(F)F)c2)cc1. The molecule has 0 spiro atoms. The van der Waals surface area contributed by atoms with Crippen molar-refractivity contribution in [1.29, 1.82) is 0 Å². The van der Waals surface area contributed by atoms with Gasteiger partial charge < -0.3 is 4.74 Å². The first kappa shape index (κ1) is 20.2. The smallest absolute Gasteiger partial charge is 0.416 e. The van der Waals surface area contributed by atoms with E-state index in [0.29, 0.717) is 22.7 Å². The van der Waals surface area contributed by atoms with E-state index >= 15 is 0 Å². The van der Waals surface area contributed by atoms with Crippen molar-refractivity contribution >= 4 is 17.1 Å². The Morgan fingerprint density at radius 2 is 1.27 bits per heavy atom. The van der Waals surface area contributed by atoms with Gasteiger partial charge in [-0.15, -0.1) is 0 Å². The van der Waals surface area contributed by atoms with E-state index in [4.69, 9.17) is 17.0 Å². The Bertz CT molecular complexity index is 745. The van der Waals surface area contributed by atoms with Crippen LogP contribution in [0.1, 0.15) is 22.3 Å². The standard InChI is InChI=1S/C18H14F6OS/c1-25-15-4-2-11(3-5-15)8-16(26)9-12-6-13(17(19,20)21)10-14(7-12)18(22,23)24/h2-7,10H,8-9H2,1H3. The second-order valence-corrected chi connectivity index (χ2v) is 6.23. The number of thiocarbonyl (C=S) groups is 1. The average Bonchev–Trinajstić information content (AvgIpc) is 2.53. The molecule has 2 rings (SSSR count). The van der Waals surface area contributed by atoms with Crippen molar-refractivity contribution in [2.45, 2.75) is 25.2 Å². The van der Waals surface area contributed by atoms with Gasteiger partial charge in [-0.3, -0.25) is 0 Å². The lowest BCUT2D eigenvalue weighted by Gasteiger charge is -2.14. The number of benzene rings is 2. The van der Waals surface area contributed by atoms with E-state index in [0.717, 1.165) is 5.56 Å². The highest BCUT2D eigenvalue weighted by molar-refractivity contribution is 7.80. The number of hydrogen-bond acceptors (Lipinski definition) is 2. The van der Waals surface area contributed by atoms with Crippen LogP contribution in [0, 0.1) is 0 Å². The Hall–Kier alpha value is -2.09. The van der Waals surface area contributed by atoms with Gasteiger partial charge >= 0.3 is 12.4 Å². The molecule has 2 aromatic rings. The van der Waals surface area contributed by atoms with E-state index in [9.17, 15) is 26.3 Å². The molecule has 0 heterocycles. The van der Waals surface area contributed by atoms with Crippen LogP contribution in [0.15, 0.2) is 42.5 Å². The molecule has 0 saturated heterocycles. The van der Waals surface area contributed by atoms with Gasteiger partial charge in [-0.25, -0.2) is 0 Å². The van der Waals surface area contributed by atoms with Crippen molar-refractivity contribution in [1.82, 2.24) is 0 Å². The van der Waals surface area contributed by atoms with Crippen LogP contribution in [0.25, 0.3) is 0 Å². The fourth-order valence-corrected chi connectivity index (χ4v) is 2.72. The third kappa shape index (κ3) is 5.45. The molecule has 26 heavy (non-hydrogen) atoms. The molecule has 8 heteroatoms. The topological polar surface area (TPSA) is 9.23 Å². The fourth-order valence-electron chi connectivity index (χ4n) is 2.38. The molecule has 0 amide bonds. The van der Waals surface area contributed by atoms with Gasteiger partial charge in [0, 0.05) is 17.7 Å². The summed E-state index contributed by atoms with van der Waals surface area (Å²) in [6.45, 7) is 0. The first-order valence-corrected chi connectivity index (χ1v) is 7.83. The normalized spacial score (nSPS) is 12.1. The van der Waals surface area contributed by atoms with Gasteiger partial charge in [0.1, 0.15) is 5.75 Å². The van der Waals surface area contributed by atoms with E-state index in [-0.39, 0.29) is 24.5 Å². The molecule has 2 aromatic carbocycles. The minimum atomic E-state index is -4.87. The molecule has 0 bridgehead atoms. The maximum atomic E-state index is 12.9. The molecule has 1 nitrogen and oxygen atoms in total. The predicted octanol–water partition coefficient (Wildman–Crippen LogP) is 5.89. The molecule has 0 aliphatic heterocycles. The number of methoxy groups -OCH3 is 1. The zero-order valence-corrected chi connectivity index (χ0v) is 14.4. The Morgan fingerprint density at radius 3 is 1.69 bits per heavy atom. The summed E-state index contributed by atoms with van der Waals surface area (Å²) < 4.78 is 82.3. The van der Waals surface area contributed by atoms with Crippen LogP contribution < -0.4 is 4.74 Å². The highest BCUT2D eigenvalue weighted by atomic mass is 32.1. The molecule has 0 aliphatic carbocycles. The fraction of sp³-hybridized carbons (Fsp3) is 0.278. The molecule has 0 aromatic heterocycles. The number of alkyl halides is 6. The summed E-state index contributed by atoms with van der Waals surface area (Å²) in [5, 5.41) is 0. The Kier molecular flexibility index (Phi) is 5.95. The maximum Gasteiger partial charge on any atom is 0.416 e. The quantitative estimate of drug-likeness (QED) is 0.464. The van der Waals surface area contributed by atoms with Crippen molar-refractivity contribution in [2.24, 2.45) is 0 Å². The lowest BCUT2D eigenvalue weighted by Crippen LogP contribution is -2.13. The lowest BCUT2D eigenvalue weighted by molar-refractivity contribution is -0.143. The molecular formula is C18H14F6OS. The maximum absolute atomic E-state index is 12.9. The number of rotatable bonds is 5. The highest BCUT2D eigenvalue weighted by Gasteiger charge is 2.36. The third-order valence-electron chi connectivity index (χ3n) is 3.61. The number of halogens is 6. The van der Waals surface area contributed by atoms with E-state index in [1.54, 1.807) is 24.3 Å². The summed E-state index contributed by atoms with van der Waals surface area (Å²) in [7, 11) is 1.51. The lowest BCUT2D eigenvalue weighted by atomic mass is 9.99. The molecule has 0 saturated carbocycles. The van der Waals surface area contributed by atoms with E-state index in [2.05, 4.69) is 0 Å². The van der Waals surface area contributed by atoms with Gasteiger partial charge in [-0.2, -0.15) is 26.3 Å². The largest absolute Gasteiger partial charge is 0.497 e. The first-order valence-electron chi connectivity index (χ1n) is 7.42. The van der Waals surface area contributed by atoms with Crippen LogP contribution in [-0.2, 0) is 25.2 Å². The number of hydrogen-bond donors (Lipinski definition) is 0. The van der Waals surface area contributed by atoms with Crippen molar-refractivity contribution in [3.05, 3.63) is 64.7 Å². The summed E-state index contributed by atoms with van der Waals surface area (Å²) in [5.41, 5.74) is -2.01. The van der Waals surface area contributed by atoms with Crippen molar-refractivity contribution in [3.63, 3.8) is 0 Å². The molecule has 0 N–H and O–H groups in total. The number of ether oxygens (including phenoxy) is 1. The molecule has 0 unspecified atom stereocenters. The second kappa shape index (κ2) is 7.65. The molecule has 0 atom stereocenters. The molecule has 140 valence electrons. The van der Waals surface area contributed by atoms with Gasteiger partial charge in [0.2, 0.25) is 0 Å². The summed E-state index contributed by atoms with van der Waals surface area (Å²) >= 11 is 5.16. The summed E-state index contributed by atoms with van der Waals surface area (Å²) in [5.74, 6) is 0.632. The minimum absolute atomic E-state index is 0.107. The van der Waals surface area contributed by atoms with Crippen molar-refractivity contribution in [3.8, 4) is 5.75 Å². The predicted molar refractivity (Wildman–Crippen MR) is 89.4 cm³/mol. The molecule has 0 radical (unpaired) electrons. The van der Waals surface area contributed by atoms with E-state index < -0.39 is 23.5 Å². The van der Waals surface area contributed by atoms with Gasteiger partial charge in [-0.05, 0) is 41.5 Å². The first-order chi connectivity index (χ1) is 12.0. The van der Waals surface area contributed by atoms with Crippen LogP contribution in [-0.4, -0.2) is 12.0 Å². The van der Waals surface area contributed by atoms with Gasteiger partial charge in [0.25, 0.3) is 0 Å². The Labute approximate surface area is 151 Å². The third-order valence-corrected chi connectivity index (χ3v) is 3.90. The van der Waals surface area contributed by atoms with Crippen LogP contribution >= 0.6 is 12.2 Å². The molecule has 0 aliphatic rings. The average molecular weight is 392 g/mol. The summed E-state index contributed by atoms with van der Waals surface area (Å²) in [6, 6.07) is 8.38. The zero-order valence-electron chi connectivity index (χ0n) is 13.5. The van der Waals surface area contributed by atoms with Crippen LogP contribution in [0.3, 0.4) is 0 Å². The van der Waals surface area contributed by atoms with Crippen molar-refractivity contribution in [2.75, 3.05) is 7.11 Å². The summed E-state index contributed by atoms with van der Waals surface area (Å²) in [4.78, 5) is 0.336. The molecule has 0 fully saturated rings. The Balaban J connectivity index is 2.22. The monoisotopic (exact) mass is 392 g/mol. The van der Waals surface area contributed by atoms with Gasteiger partial charge in [-0.1, -0.05) is 24.4 Å². The Morgan fingerprint density at radius 1 is 0.808 bits per heavy atom. The zero-order chi connectivity index (χ0) is 19.5. The van der Waals surface area contributed by atoms with E-state index in [1.165, 1.54) is 7.11 Å². The highest BCUT2D eigenvalue weighted by Crippen LogP contribution is 2.36. The molecular weight excluding hydrogens is 378 g/mol.